The molecule has 31 heavy (non-hydrogen) atoms. The van der Waals surface area contributed by atoms with E-state index in [4.69, 9.17) is 4.74 Å². The molecule has 1 heterocycles. The maximum Gasteiger partial charge on any atom is 0.407 e. The van der Waals surface area contributed by atoms with E-state index in [1.54, 1.807) is 0 Å². The van der Waals surface area contributed by atoms with Crippen molar-refractivity contribution < 1.29 is 28.7 Å². The summed E-state index contributed by atoms with van der Waals surface area (Å²) < 4.78 is 5.17. The fraction of sp³-hybridized carbons (Fsp3) is 0.773. The van der Waals surface area contributed by atoms with Gasteiger partial charge in [0.2, 0.25) is 0 Å². The van der Waals surface area contributed by atoms with E-state index in [0.717, 1.165) is 54.7 Å². The Labute approximate surface area is 184 Å². The number of rotatable bonds is 12. The molecule has 1 N–H and O–H groups in total. The molecule has 1 saturated heterocycles. The molecule has 0 aromatic heterocycles. The number of nitrogens with one attached hydrogen (secondary N) is 1. The van der Waals surface area contributed by atoms with E-state index in [9.17, 15) is 24.0 Å². The summed E-state index contributed by atoms with van der Waals surface area (Å²) in [4.78, 5) is 61.4. The number of hydrogen-bond donors (Lipinski definition) is 1. The zero-order valence-corrected chi connectivity index (χ0v) is 19.5. The van der Waals surface area contributed by atoms with Crippen molar-refractivity contribution in [1.29, 1.82) is 0 Å². The maximum atomic E-state index is 12.3. The summed E-state index contributed by atoms with van der Waals surface area (Å²) in [7, 11) is 2.56. The highest BCUT2D eigenvalue weighted by Gasteiger charge is 2.45. The molecule has 0 radical (unpaired) electrons. The second kappa shape index (κ2) is 12.4. The lowest BCUT2D eigenvalue weighted by molar-refractivity contribution is -0.151. The van der Waals surface area contributed by atoms with Gasteiger partial charge >= 0.3 is 12.1 Å². The number of alkyl carbamates (subject to hydrolysis) is 1. The summed E-state index contributed by atoms with van der Waals surface area (Å²) in [6.45, 7) is 6.09. The van der Waals surface area contributed by atoms with E-state index in [0.29, 0.717) is 13.0 Å². The van der Waals surface area contributed by atoms with E-state index in [1.807, 2.05) is 20.8 Å². The lowest BCUT2D eigenvalue weighted by Crippen LogP contribution is -2.58. The molecule has 176 valence electrons. The normalized spacial score (nSPS) is 15.5. The fourth-order valence-corrected chi connectivity index (χ4v) is 3.32. The minimum Gasteiger partial charge on any atom is -0.444 e. The Kier molecular flexibility index (Phi) is 10.6. The SMILES string of the molecule is CN1C(=O)C(C(=O)CCCCCCCCCCNC(=O)OC(C)(C)C)C(=O)N(C)C1=O. The summed E-state index contributed by atoms with van der Waals surface area (Å²) in [5.41, 5.74) is -0.484. The second-order valence-corrected chi connectivity index (χ2v) is 8.98. The van der Waals surface area contributed by atoms with Gasteiger partial charge < -0.3 is 10.1 Å². The molecule has 1 aliphatic heterocycles. The van der Waals surface area contributed by atoms with Crippen molar-refractivity contribution in [2.24, 2.45) is 5.92 Å². The molecule has 0 aromatic rings. The quantitative estimate of drug-likeness (QED) is 0.369. The van der Waals surface area contributed by atoms with Crippen LogP contribution < -0.4 is 5.32 Å². The number of nitrogens with zero attached hydrogens (tertiary/aromatic N) is 2. The summed E-state index contributed by atoms with van der Waals surface area (Å²) in [5.74, 6) is -3.28. The van der Waals surface area contributed by atoms with Gasteiger partial charge in [-0.15, -0.1) is 0 Å². The van der Waals surface area contributed by atoms with Crippen molar-refractivity contribution in [3.05, 3.63) is 0 Å². The zero-order valence-electron chi connectivity index (χ0n) is 19.5. The number of amides is 5. The van der Waals surface area contributed by atoms with E-state index in [1.165, 1.54) is 14.1 Å². The molecule has 0 aromatic carbocycles. The Balaban J connectivity index is 2.08. The standard InChI is InChI=1S/C22H37N3O6/c1-22(2,3)31-20(29)23-15-13-11-9-7-6-8-10-12-14-16(26)17-18(27)24(4)21(30)25(5)19(17)28/h17H,6-15H2,1-5H3,(H,23,29). The van der Waals surface area contributed by atoms with Gasteiger partial charge in [0.15, 0.2) is 11.7 Å². The Morgan fingerprint density at radius 1 is 0.839 bits per heavy atom. The highest BCUT2D eigenvalue weighted by atomic mass is 16.6. The Morgan fingerprint density at radius 3 is 1.77 bits per heavy atom. The first-order chi connectivity index (χ1) is 14.5. The van der Waals surface area contributed by atoms with Gasteiger partial charge in [-0.1, -0.05) is 38.5 Å². The van der Waals surface area contributed by atoms with E-state index in [2.05, 4.69) is 5.32 Å². The smallest absolute Gasteiger partial charge is 0.407 e. The van der Waals surface area contributed by atoms with Gasteiger partial charge in [0.05, 0.1) is 0 Å². The first-order valence-electron chi connectivity index (χ1n) is 11.0. The van der Waals surface area contributed by atoms with Crippen LogP contribution in [-0.4, -0.2) is 65.8 Å². The molecule has 1 rings (SSSR count). The van der Waals surface area contributed by atoms with Crippen LogP contribution in [0.4, 0.5) is 9.59 Å². The van der Waals surface area contributed by atoms with Gasteiger partial charge in [0, 0.05) is 27.1 Å². The van der Waals surface area contributed by atoms with Gasteiger partial charge in [0.25, 0.3) is 11.8 Å². The molecule has 0 spiro atoms. The van der Waals surface area contributed by atoms with Crippen molar-refractivity contribution in [2.75, 3.05) is 20.6 Å². The number of carbonyl (C=O) groups excluding carboxylic acids is 5. The Hall–Kier alpha value is -2.45. The number of unbranched alkanes of at least 4 members (excludes halogenated alkanes) is 7. The second-order valence-electron chi connectivity index (χ2n) is 8.98. The van der Waals surface area contributed by atoms with Gasteiger partial charge in [-0.3, -0.25) is 24.2 Å². The van der Waals surface area contributed by atoms with E-state index >= 15 is 0 Å². The van der Waals surface area contributed by atoms with E-state index < -0.39 is 35.1 Å². The van der Waals surface area contributed by atoms with Crippen LogP contribution in [0.25, 0.3) is 0 Å². The molecule has 0 aliphatic carbocycles. The van der Waals surface area contributed by atoms with Crippen LogP contribution in [0.15, 0.2) is 0 Å². The van der Waals surface area contributed by atoms with Gasteiger partial charge in [-0.2, -0.15) is 0 Å². The van der Waals surface area contributed by atoms with Crippen LogP contribution in [0.2, 0.25) is 0 Å². The molecular formula is C22H37N3O6. The molecule has 9 nitrogen and oxygen atoms in total. The lowest BCUT2D eigenvalue weighted by Gasteiger charge is -2.32. The summed E-state index contributed by atoms with van der Waals surface area (Å²) in [5, 5.41) is 2.74. The molecule has 1 fully saturated rings. The zero-order chi connectivity index (χ0) is 23.6. The van der Waals surface area contributed by atoms with Crippen LogP contribution in [0.3, 0.4) is 0 Å². The minimum absolute atomic E-state index is 0.161. The number of barbiturate groups is 1. The monoisotopic (exact) mass is 439 g/mol. The van der Waals surface area contributed by atoms with Crippen molar-refractivity contribution in [3.63, 3.8) is 0 Å². The van der Waals surface area contributed by atoms with Gasteiger partial charge in [-0.05, 0) is 33.6 Å². The Morgan fingerprint density at radius 2 is 1.29 bits per heavy atom. The molecule has 0 bridgehead atoms. The Bertz CT molecular complexity index is 647. The van der Waals surface area contributed by atoms with Crippen LogP contribution in [0.1, 0.15) is 78.6 Å². The number of urea groups is 1. The topological polar surface area (TPSA) is 113 Å². The van der Waals surface area contributed by atoms with E-state index in [-0.39, 0.29) is 12.5 Å². The highest BCUT2D eigenvalue weighted by molar-refractivity contribution is 6.26. The van der Waals surface area contributed by atoms with Crippen LogP contribution >= 0.6 is 0 Å². The molecule has 5 amide bonds. The molecule has 0 atom stereocenters. The molecule has 9 heteroatoms. The van der Waals surface area contributed by atoms with Crippen molar-refractivity contribution in [2.45, 2.75) is 84.2 Å². The third-order valence-electron chi connectivity index (χ3n) is 5.07. The molecule has 1 aliphatic rings. The number of carbonyl (C=O) groups is 5. The lowest BCUT2D eigenvalue weighted by atomic mass is 9.94. The molecule has 0 unspecified atom stereocenters. The van der Waals surface area contributed by atoms with Crippen LogP contribution in [0.5, 0.6) is 0 Å². The summed E-state index contributed by atoms with van der Waals surface area (Å²) in [6.07, 6.45) is 7.37. The summed E-state index contributed by atoms with van der Waals surface area (Å²) in [6, 6.07) is -0.709. The first-order valence-corrected chi connectivity index (χ1v) is 11.0. The van der Waals surface area contributed by atoms with Gasteiger partial charge in [0.1, 0.15) is 5.60 Å². The number of Topliss-reactive ketones (excluding diaryl/α,β-unsaturated/α-hetero) is 1. The summed E-state index contributed by atoms with van der Waals surface area (Å²) >= 11 is 0. The average molecular weight is 440 g/mol. The average Bonchev–Trinajstić information content (AvgIpc) is 2.67. The number of hydrogen-bond acceptors (Lipinski definition) is 6. The van der Waals surface area contributed by atoms with Crippen molar-refractivity contribution in [3.8, 4) is 0 Å². The predicted molar refractivity (Wildman–Crippen MR) is 115 cm³/mol. The van der Waals surface area contributed by atoms with Crippen LogP contribution in [0, 0.1) is 5.92 Å². The number of ketones is 1. The third-order valence-corrected chi connectivity index (χ3v) is 5.07. The largest absolute Gasteiger partial charge is 0.444 e. The molecule has 0 saturated carbocycles. The van der Waals surface area contributed by atoms with Gasteiger partial charge in [-0.25, -0.2) is 9.59 Å². The number of ether oxygens (including phenoxy) is 1. The fourth-order valence-electron chi connectivity index (χ4n) is 3.32. The number of imide groups is 2. The first kappa shape index (κ1) is 26.6. The van der Waals surface area contributed by atoms with Crippen LogP contribution in [-0.2, 0) is 19.1 Å². The van der Waals surface area contributed by atoms with Crippen molar-refractivity contribution >= 4 is 29.7 Å². The maximum absolute atomic E-state index is 12.3. The third kappa shape index (κ3) is 9.06. The molecular weight excluding hydrogens is 402 g/mol. The highest BCUT2D eigenvalue weighted by Crippen LogP contribution is 2.19. The minimum atomic E-state index is -1.39. The predicted octanol–water partition coefficient (Wildman–Crippen LogP) is 3.26. The van der Waals surface area contributed by atoms with Crippen molar-refractivity contribution in [1.82, 2.24) is 15.1 Å².